The van der Waals surface area contributed by atoms with Crippen LogP contribution >= 0.6 is 18.9 Å². The third-order valence-electron chi connectivity index (χ3n) is 9.27. The van der Waals surface area contributed by atoms with Crippen LogP contribution in [0.25, 0.3) is 10.1 Å². The van der Waals surface area contributed by atoms with Gasteiger partial charge in [-0.3, -0.25) is 18.9 Å². The molecule has 1 unspecified atom stereocenters. The standard InChI is InChI=1S/C32H38N3O6PS/c1-20-17-34(18-25(20)22-7-3-2-4-8-22)32(38)27-13-12-24-9-5-6-10-26(31(37)35(24)27)33-30(36)29-16-23-15-21(19-42(39,40)41)11-14-28(23)43-29/h2-4,7-8,11,14-16,20,24-27H,5-6,9-10,12-13,17-19H2,1H3,(H,33,36)(H2,39,40,41)/t20-,24-,25-,26?,27-/m0/s1. The fourth-order valence-electron chi connectivity index (χ4n) is 7.17. The maximum atomic E-state index is 14.0. The number of likely N-dealkylation sites (tertiary alicyclic amines) is 1. The fraction of sp³-hybridized carbons (Fsp3) is 0.469. The number of rotatable bonds is 6. The molecule has 3 fully saturated rings. The van der Waals surface area contributed by atoms with Crippen LogP contribution in [0.2, 0.25) is 0 Å². The Kier molecular flexibility index (Phi) is 8.48. The van der Waals surface area contributed by atoms with E-state index in [9.17, 15) is 28.7 Å². The Morgan fingerprint density at radius 3 is 2.53 bits per heavy atom. The van der Waals surface area contributed by atoms with E-state index in [0.717, 1.165) is 35.8 Å². The van der Waals surface area contributed by atoms with Gasteiger partial charge in [-0.15, -0.1) is 11.3 Å². The monoisotopic (exact) mass is 623 g/mol. The number of carbonyl (C=O) groups excluding carboxylic acids is 3. The van der Waals surface area contributed by atoms with Gasteiger partial charge in [0.1, 0.15) is 12.1 Å². The maximum absolute atomic E-state index is 14.0. The van der Waals surface area contributed by atoms with E-state index in [0.29, 0.717) is 42.3 Å². The molecule has 1 aromatic heterocycles. The first kappa shape index (κ1) is 30.0. The van der Waals surface area contributed by atoms with Crippen LogP contribution in [0.5, 0.6) is 0 Å². The molecule has 0 spiro atoms. The molecule has 3 N–H and O–H groups in total. The molecule has 0 saturated carbocycles. The summed E-state index contributed by atoms with van der Waals surface area (Å²) in [5.41, 5.74) is 1.73. The van der Waals surface area contributed by atoms with E-state index in [1.165, 1.54) is 16.9 Å². The molecule has 2 aromatic carbocycles. The maximum Gasteiger partial charge on any atom is 0.329 e. The third kappa shape index (κ3) is 6.43. The largest absolute Gasteiger partial charge is 0.340 e. The second kappa shape index (κ2) is 12.2. The molecule has 0 aliphatic carbocycles. The van der Waals surface area contributed by atoms with Crippen LogP contribution in [0.3, 0.4) is 0 Å². The van der Waals surface area contributed by atoms with Crippen LogP contribution in [-0.2, 0) is 20.3 Å². The predicted molar refractivity (Wildman–Crippen MR) is 166 cm³/mol. The Labute approximate surface area is 255 Å². The van der Waals surface area contributed by atoms with Crippen molar-refractivity contribution >= 4 is 46.7 Å². The lowest BCUT2D eigenvalue weighted by molar-refractivity contribution is -0.146. The SMILES string of the molecule is C[C@H]1CN(C(=O)[C@@H]2CC[C@@H]3CCCCC(NC(=O)c4cc5cc(CP(=O)(O)O)ccc5s4)C(=O)N32)C[C@@H]1c1ccccc1. The molecule has 6 rings (SSSR count). The van der Waals surface area contributed by atoms with Crippen molar-refractivity contribution in [2.24, 2.45) is 5.92 Å². The number of hydrogen-bond donors (Lipinski definition) is 3. The van der Waals surface area contributed by atoms with Gasteiger partial charge in [-0.25, -0.2) is 0 Å². The first-order valence-corrected chi connectivity index (χ1v) is 17.7. The Balaban J connectivity index is 1.17. The molecule has 3 aliphatic rings. The number of fused-ring (bicyclic) bond motifs is 2. The quantitative estimate of drug-likeness (QED) is 0.336. The van der Waals surface area contributed by atoms with Gasteiger partial charge < -0.3 is 24.9 Å². The number of thiophene rings is 1. The molecule has 0 radical (unpaired) electrons. The summed E-state index contributed by atoms with van der Waals surface area (Å²) in [6.45, 7) is 3.50. The number of nitrogens with zero attached hydrogens (tertiary/aromatic N) is 2. The summed E-state index contributed by atoms with van der Waals surface area (Å²) < 4.78 is 12.3. The van der Waals surface area contributed by atoms with Crippen molar-refractivity contribution in [3.8, 4) is 0 Å². The van der Waals surface area contributed by atoms with Crippen molar-refractivity contribution in [3.63, 3.8) is 0 Å². The lowest BCUT2D eigenvalue weighted by atomic mass is 9.90. The van der Waals surface area contributed by atoms with Crippen LogP contribution in [0, 0.1) is 5.92 Å². The molecular weight excluding hydrogens is 585 g/mol. The van der Waals surface area contributed by atoms with Gasteiger partial charge in [-0.2, -0.15) is 0 Å². The van der Waals surface area contributed by atoms with E-state index in [2.05, 4.69) is 24.4 Å². The van der Waals surface area contributed by atoms with Gasteiger partial charge in [0, 0.05) is 29.7 Å². The molecule has 11 heteroatoms. The molecule has 3 amide bonds. The summed E-state index contributed by atoms with van der Waals surface area (Å²) in [5, 5.41) is 3.70. The predicted octanol–water partition coefficient (Wildman–Crippen LogP) is 4.87. The minimum absolute atomic E-state index is 0.00266. The summed E-state index contributed by atoms with van der Waals surface area (Å²) in [5.74, 6) is 0.0851. The van der Waals surface area contributed by atoms with E-state index in [4.69, 9.17) is 0 Å². The van der Waals surface area contributed by atoms with Crippen molar-refractivity contribution in [2.45, 2.75) is 75.7 Å². The zero-order valence-corrected chi connectivity index (χ0v) is 25.9. The number of amides is 3. The number of carbonyl (C=O) groups is 3. The Morgan fingerprint density at radius 2 is 1.77 bits per heavy atom. The molecule has 3 aromatic rings. The molecule has 0 bridgehead atoms. The smallest absolute Gasteiger partial charge is 0.329 e. The zero-order chi connectivity index (χ0) is 30.3. The van der Waals surface area contributed by atoms with Crippen LogP contribution in [-0.4, -0.2) is 68.5 Å². The average molecular weight is 624 g/mol. The molecule has 4 heterocycles. The van der Waals surface area contributed by atoms with Gasteiger partial charge >= 0.3 is 7.60 Å². The van der Waals surface area contributed by atoms with E-state index in [1.54, 1.807) is 29.2 Å². The molecule has 3 aliphatic heterocycles. The van der Waals surface area contributed by atoms with E-state index in [1.807, 2.05) is 23.1 Å². The minimum Gasteiger partial charge on any atom is -0.340 e. The highest BCUT2D eigenvalue weighted by Crippen LogP contribution is 2.40. The summed E-state index contributed by atoms with van der Waals surface area (Å²) in [4.78, 5) is 64.2. The van der Waals surface area contributed by atoms with Crippen molar-refractivity contribution < 1.29 is 28.7 Å². The lowest BCUT2D eigenvalue weighted by Crippen LogP contribution is -2.56. The second-order valence-electron chi connectivity index (χ2n) is 12.3. The van der Waals surface area contributed by atoms with Gasteiger partial charge in [-0.1, -0.05) is 56.2 Å². The average Bonchev–Trinajstić information content (AvgIpc) is 3.69. The Hall–Kier alpha value is -3.04. The zero-order valence-electron chi connectivity index (χ0n) is 24.2. The van der Waals surface area contributed by atoms with Gasteiger partial charge in [-0.05, 0) is 66.3 Å². The van der Waals surface area contributed by atoms with Gasteiger partial charge in [0.05, 0.1) is 11.0 Å². The Morgan fingerprint density at radius 1 is 1.00 bits per heavy atom. The lowest BCUT2D eigenvalue weighted by Gasteiger charge is -2.36. The van der Waals surface area contributed by atoms with E-state index >= 15 is 0 Å². The van der Waals surface area contributed by atoms with Gasteiger partial charge in [0.25, 0.3) is 5.91 Å². The van der Waals surface area contributed by atoms with Crippen molar-refractivity contribution in [2.75, 3.05) is 13.1 Å². The van der Waals surface area contributed by atoms with Gasteiger partial charge in [0.2, 0.25) is 11.8 Å². The molecule has 228 valence electrons. The van der Waals surface area contributed by atoms with Crippen LogP contribution in [0.4, 0.5) is 0 Å². The summed E-state index contributed by atoms with van der Waals surface area (Å²) >= 11 is 1.28. The molecule has 9 nitrogen and oxygen atoms in total. The Bertz CT molecular complexity index is 1570. The van der Waals surface area contributed by atoms with Gasteiger partial charge in [0.15, 0.2) is 0 Å². The van der Waals surface area contributed by atoms with Crippen LogP contribution in [0.1, 0.15) is 72.2 Å². The highest BCUT2D eigenvalue weighted by molar-refractivity contribution is 7.50. The minimum atomic E-state index is -4.21. The molecular formula is C32H38N3O6PS. The summed E-state index contributed by atoms with van der Waals surface area (Å²) in [6, 6.07) is 15.9. The summed E-state index contributed by atoms with van der Waals surface area (Å²) in [6.07, 6.45) is 4.21. The molecule has 3 saturated heterocycles. The number of hydrogen-bond acceptors (Lipinski definition) is 5. The van der Waals surface area contributed by atoms with E-state index in [-0.39, 0.29) is 35.8 Å². The first-order chi connectivity index (χ1) is 20.6. The third-order valence-corrected chi connectivity index (χ3v) is 11.2. The first-order valence-electron chi connectivity index (χ1n) is 15.1. The topological polar surface area (TPSA) is 127 Å². The number of benzene rings is 2. The van der Waals surface area contributed by atoms with Crippen molar-refractivity contribution in [3.05, 3.63) is 70.6 Å². The van der Waals surface area contributed by atoms with Crippen molar-refractivity contribution in [1.82, 2.24) is 15.1 Å². The fourth-order valence-corrected chi connectivity index (χ4v) is 8.79. The highest BCUT2D eigenvalue weighted by Gasteiger charge is 2.46. The van der Waals surface area contributed by atoms with Crippen molar-refractivity contribution in [1.29, 1.82) is 0 Å². The highest BCUT2D eigenvalue weighted by atomic mass is 32.1. The van der Waals surface area contributed by atoms with Crippen LogP contribution in [0.15, 0.2) is 54.6 Å². The molecule has 5 atom stereocenters. The summed E-state index contributed by atoms with van der Waals surface area (Å²) in [7, 11) is -4.21. The van der Waals surface area contributed by atoms with E-state index < -0.39 is 19.7 Å². The number of nitrogens with one attached hydrogen (secondary N) is 1. The molecule has 43 heavy (non-hydrogen) atoms. The van der Waals surface area contributed by atoms with Crippen LogP contribution < -0.4 is 5.32 Å². The normalized spacial score (nSPS) is 26.3. The second-order valence-corrected chi connectivity index (χ2v) is 15.1.